The third kappa shape index (κ3) is 5.53. The van der Waals surface area contributed by atoms with Crippen molar-refractivity contribution in [3.05, 3.63) is 11.7 Å². The highest BCUT2D eigenvalue weighted by Crippen LogP contribution is 2.23. The molecule has 0 radical (unpaired) electrons. The van der Waals surface area contributed by atoms with Crippen molar-refractivity contribution >= 4 is 11.8 Å². The Hall–Kier alpha value is -0.550. The molecule has 1 aromatic heterocycles. The van der Waals surface area contributed by atoms with Gasteiger partial charge < -0.3 is 9.84 Å². The largest absolute Gasteiger partial charge is 0.339 e. The minimum absolute atomic E-state index is 0.303. The molecule has 5 heteroatoms. The monoisotopic (exact) mass is 285 g/mol. The van der Waals surface area contributed by atoms with Crippen LogP contribution in [0.2, 0.25) is 0 Å². The Kier molecular flexibility index (Phi) is 7.46. The van der Waals surface area contributed by atoms with Crippen LogP contribution in [0.5, 0.6) is 0 Å². The van der Waals surface area contributed by atoms with Gasteiger partial charge in [0.25, 0.3) is 0 Å². The Balaban J connectivity index is 2.60. The van der Waals surface area contributed by atoms with E-state index in [-0.39, 0.29) is 0 Å². The summed E-state index contributed by atoms with van der Waals surface area (Å²) in [7, 11) is 0. The maximum Gasteiger partial charge on any atom is 0.231 e. The van der Waals surface area contributed by atoms with Crippen LogP contribution in [-0.2, 0) is 5.75 Å². The third-order valence-corrected chi connectivity index (χ3v) is 4.20. The Morgan fingerprint density at radius 3 is 2.58 bits per heavy atom. The molecule has 0 spiro atoms. The molecule has 0 amide bonds. The highest BCUT2D eigenvalue weighted by atomic mass is 32.2. The van der Waals surface area contributed by atoms with Gasteiger partial charge in [-0.2, -0.15) is 16.7 Å². The molecule has 2 unspecified atom stereocenters. The van der Waals surface area contributed by atoms with Crippen LogP contribution in [-0.4, -0.2) is 28.0 Å². The molecule has 19 heavy (non-hydrogen) atoms. The van der Waals surface area contributed by atoms with E-state index in [0.717, 1.165) is 36.9 Å². The SMILES string of the molecule is CCCNC(C)C(CC)c1nc(CSC(C)C)no1. The maximum absolute atomic E-state index is 5.44. The van der Waals surface area contributed by atoms with E-state index < -0.39 is 0 Å². The standard InChI is InChI=1S/C14H27N3OS/c1-6-8-15-11(5)12(7-2)14-16-13(17-18-14)9-19-10(3)4/h10-12,15H,6-9H2,1-5H3. The van der Waals surface area contributed by atoms with E-state index in [4.69, 9.17) is 4.52 Å². The lowest BCUT2D eigenvalue weighted by molar-refractivity contribution is 0.314. The summed E-state index contributed by atoms with van der Waals surface area (Å²) in [5.41, 5.74) is 0. The molecule has 1 rings (SSSR count). The number of thioether (sulfide) groups is 1. The molecule has 0 aliphatic rings. The zero-order valence-corrected chi connectivity index (χ0v) is 13.6. The summed E-state index contributed by atoms with van der Waals surface area (Å²) in [6.07, 6.45) is 2.15. The van der Waals surface area contributed by atoms with Crippen molar-refractivity contribution < 1.29 is 4.52 Å². The van der Waals surface area contributed by atoms with Crippen molar-refractivity contribution in [2.45, 2.75) is 70.4 Å². The maximum atomic E-state index is 5.44. The minimum Gasteiger partial charge on any atom is -0.339 e. The summed E-state index contributed by atoms with van der Waals surface area (Å²) in [6, 6.07) is 0.371. The predicted octanol–water partition coefficient (Wildman–Crippen LogP) is 3.59. The first-order chi connectivity index (χ1) is 9.08. The molecule has 0 aliphatic carbocycles. The van der Waals surface area contributed by atoms with Gasteiger partial charge in [-0.05, 0) is 31.6 Å². The molecule has 2 atom stereocenters. The van der Waals surface area contributed by atoms with Crippen LogP contribution in [0.4, 0.5) is 0 Å². The average Bonchev–Trinajstić information content (AvgIpc) is 2.83. The summed E-state index contributed by atoms with van der Waals surface area (Å²) < 4.78 is 5.44. The second-order valence-corrected chi connectivity index (χ2v) is 6.73. The molecule has 1 aromatic rings. The molecule has 4 nitrogen and oxygen atoms in total. The van der Waals surface area contributed by atoms with Crippen molar-refractivity contribution in [1.29, 1.82) is 0 Å². The first-order valence-corrected chi connectivity index (χ1v) is 8.30. The highest BCUT2D eigenvalue weighted by Gasteiger charge is 2.23. The van der Waals surface area contributed by atoms with E-state index in [2.05, 4.69) is 50.1 Å². The second kappa shape index (κ2) is 8.59. The topological polar surface area (TPSA) is 51.0 Å². The quantitative estimate of drug-likeness (QED) is 0.751. The lowest BCUT2D eigenvalue weighted by Gasteiger charge is -2.20. The van der Waals surface area contributed by atoms with Gasteiger partial charge in [0, 0.05) is 6.04 Å². The Bertz CT molecular complexity index is 354. The van der Waals surface area contributed by atoms with Gasteiger partial charge in [-0.15, -0.1) is 0 Å². The van der Waals surface area contributed by atoms with Crippen LogP contribution < -0.4 is 5.32 Å². The summed E-state index contributed by atoms with van der Waals surface area (Å²) in [5, 5.41) is 8.18. The first kappa shape index (κ1) is 16.5. The van der Waals surface area contributed by atoms with Gasteiger partial charge in [-0.3, -0.25) is 0 Å². The Labute approximate surface area is 121 Å². The first-order valence-electron chi connectivity index (χ1n) is 7.25. The van der Waals surface area contributed by atoms with Gasteiger partial charge in [0.05, 0.1) is 11.7 Å². The number of aromatic nitrogens is 2. The van der Waals surface area contributed by atoms with E-state index in [1.807, 2.05) is 11.8 Å². The number of hydrogen-bond donors (Lipinski definition) is 1. The molecule has 1 heterocycles. The molecule has 0 fully saturated rings. The van der Waals surface area contributed by atoms with Crippen LogP contribution in [0, 0.1) is 0 Å². The zero-order valence-electron chi connectivity index (χ0n) is 12.8. The molecule has 1 N–H and O–H groups in total. The number of hydrogen-bond acceptors (Lipinski definition) is 5. The molecule has 110 valence electrons. The Morgan fingerprint density at radius 2 is 2.00 bits per heavy atom. The smallest absolute Gasteiger partial charge is 0.231 e. The van der Waals surface area contributed by atoms with Crippen LogP contribution >= 0.6 is 11.8 Å². The second-order valence-electron chi connectivity index (χ2n) is 5.17. The molecule has 0 bridgehead atoms. The van der Waals surface area contributed by atoms with Gasteiger partial charge >= 0.3 is 0 Å². The van der Waals surface area contributed by atoms with Crippen LogP contribution in [0.15, 0.2) is 4.52 Å². The van der Waals surface area contributed by atoms with Crippen LogP contribution in [0.25, 0.3) is 0 Å². The zero-order chi connectivity index (χ0) is 14.3. The highest BCUT2D eigenvalue weighted by molar-refractivity contribution is 7.99. The molecule has 0 saturated carbocycles. The van der Waals surface area contributed by atoms with E-state index in [1.54, 1.807) is 0 Å². The van der Waals surface area contributed by atoms with Gasteiger partial charge in [0.15, 0.2) is 5.82 Å². The lowest BCUT2D eigenvalue weighted by Crippen LogP contribution is -2.32. The summed E-state index contributed by atoms with van der Waals surface area (Å²) in [5.74, 6) is 2.72. The van der Waals surface area contributed by atoms with Crippen molar-refractivity contribution in [2.24, 2.45) is 0 Å². The molecule has 0 aromatic carbocycles. The Morgan fingerprint density at radius 1 is 1.26 bits per heavy atom. The minimum atomic E-state index is 0.303. The van der Waals surface area contributed by atoms with Crippen molar-refractivity contribution in [1.82, 2.24) is 15.5 Å². The van der Waals surface area contributed by atoms with Gasteiger partial charge in [-0.25, -0.2) is 0 Å². The van der Waals surface area contributed by atoms with Crippen molar-refractivity contribution in [2.75, 3.05) is 6.54 Å². The summed E-state index contributed by atoms with van der Waals surface area (Å²) in [4.78, 5) is 4.54. The van der Waals surface area contributed by atoms with Crippen molar-refractivity contribution in [3.63, 3.8) is 0 Å². The summed E-state index contributed by atoms with van der Waals surface area (Å²) in [6.45, 7) is 11.9. The molecule has 0 saturated heterocycles. The molecular formula is C14H27N3OS. The fraction of sp³-hybridized carbons (Fsp3) is 0.857. The fourth-order valence-electron chi connectivity index (χ4n) is 1.97. The van der Waals surface area contributed by atoms with E-state index in [0.29, 0.717) is 17.2 Å². The van der Waals surface area contributed by atoms with E-state index in [9.17, 15) is 0 Å². The number of nitrogens with zero attached hydrogens (tertiary/aromatic N) is 2. The average molecular weight is 285 g/mol. The van der Waals surface area contributed by atoms with Gasteiger partial charge in [0.1, 0.15) is 0 Å². The fourth-order valence-corrected chi connectivity index (χ4v) is 2.57. The predicted molar refractivity (Wildman–Crippen MR) is 81.5 cm³/mol. The lowest BCUT2D eigenvalue weighted by atomic mass is 9.98. The number of nitrogens with one attached hydrogen (secondary N) is 1. The number of rotatable bonds is 9. The normalized spacial score (nSPS) is 14.8. The van der Waals surface area contributed by atoms with Crippen LogP contribution in [0.1, 0.15) is 65.1 Å². The van der Waals surface area contributed by atoms with E-state index >= 15 is 0 Å². The molecular weight excluding hydrogens is 258 g/mol. The van der Waals surface area contributed by atoms with Crippen molar-refractivity contribution in [3.8, 4) is 0 Å². The van der Waals surface area contributed by atoms with E-state index in [1.165, 1.54) is 0 Å². The molecule has 0 aliphatic heterocycles. The van der Waals surface area contributed by atoms with Gasteiger partial charge in [-0.1, -0.05) is 32.9 Å². The third-order valence-electron chi connectivity index (χ3n) is 3.11. The van der Waals surface area contributed by atoms with Crippen LogP contribution in [0.3, 0.4) is 0 Å². The van der Waals surface area contributed by atoms with Gasteiger partial charge in [0.2, 0.25) is 5.89 Å². The summed E-state index contributed by atoms with van der Waals surface area (Å²) >= 11 is 1.84.